The Kier molecular flexibility index (Phi) is 31.0. The van der Waals surface area contributed by atoms with E-state index in [4.69, 9.17) is 4.98 Å². The van der Waals surface area contributed by atoms with E-state index in [1.807, 2.05) is 73.6 Å². The third-order valence-electron chi connectivity index (χ3n) is 19.2. The third kappa shape index (κ3) is 21.5. The second-order valence-electron chi connectivity index (χ2n) is 30.2. The van der Waals surface area contributed by atoms with Gasteiger partial charge in [0.2, 0.25) is 65.0 Å². The quantitative estimate of drug-likeness (QED) is 0.141. The fourth-order valence-electron chi connectivity index (χ4n) is 13.0. The summed E-state index contributed by atoms with van der Waals surface area (Å²) in [7, 11) is 12.0. The molecule has 2 saturated heterocycles. The van der Waals surface area contributed by atoms with Gasteiger partial charge in [-0.2, -0.15) is 0 Å². The number of likely N-dealkylation sites (N-methyl/N-ethyl adjacent to an activating group) is 8. The molecular formula is C71H121N15O12. The topological polar surface area (TPSA) is 314 Å². The first-order chi connectivity index (χ1) is 45.6. The molecule has 3 heterocycles. The van der Waals surface area contributed by atoms with Crippen molar-refractivity contribution >= 4 is 81.7 Å². The van der Waals surface area contributed by atoms with Gasteiger partial charge in [0.1, 0.15) is 66.2 Å². The molecule has 2 aliphatic rings. The number of piperazine rings is 1. The Morgan fingerprint density at radius 2 is 0.959 bits per heavy atom. The highest BCUT2D eigenvalue weighted by molar-refractivity contribution is 5.99. The van der Waals surface area contributed by atoms with Gasteiger partial charge in [0.05, 0.1) is 23.7 Å². The van der Waals surface area contributed by atoms with E-state index < -0.39 is 156 Å². The first kappa shape index (κ1) is 83.0. The Balaban J connectivity index is 1.90. The van der Waals surface area contributed by atoms with Crippen LogP contribution in [0.2, 0.25) is 0 Å². The summed E-state index contributed by atoms with van der Waals surface area (Å²) in [5, 5.41) is 23.8. The number of aromatic nitrogens is 2. The van der Waals surface area contributed by atoms with E-state index in [2.05, 4.69) is 43.1 Å². The van der Waals surface area contributed by atoms with Crippen LogP contribution in [0.4, 0.5) is 5.69 Å². The molecule has 27 heteroatoms. The van der Waals surface area contributed by atoms with Gasteiger partial charge in [-0.3, -0.25) is 52.7 Å². The van der Waals surface area contributed by atoms with Crippen molar-refractivity contribution in [2.75, 3.05) is 94.0 Å². The minimum absolute atomic E-state index is 0.00835. The minimum atomic E-state index is -1.71. The summed E-state index contributed by atoms with van der Waals surface area (Å²) >= 11 is 0. The zero-order chi connectivity index (χ0) is 74.4. The van der Waals surface area contributed by atoms with E-state index in [1.165, 1.54) is 87.7 Å². The number of aliphatic hydroxyl groups excluding tert-OH is 1. The van der Waals surface area contributed by atoms with Gasteiger partial charge in [-0.05, 0) is 113 Å². The number of aliphatic hydroxyl groups is 1. The van der Waals surface area contributed by atoms with Crippen molar-refractivity contribution in [1.29, 1.82) is 0 Å². The fraction of sp³-hybridized carbons (Fsp3) is 0.746. The third-order valence-corrected chi connectivity index (χ3v) is 19.2. The molecule has 0 bridgehead atoms. The maximum atomic E-state index is 15.6. The second kappa shape index (κ2) is 36.6. The van der Waals surface area contributed by atoms with Crippen LogP contribution < -0.4 is 26.2 Å². The number of hydrogen-bond acceptors (Lipinski definition) is 15. The number of carbonyl (C=O) groups is 11. The van der Waals surface area contributed by atoms with Gasteiger partial charge >= 0.3 is 0 Å². The molecule has 2 aromatic rings. The molecule has 11 amide bonds. The van der Waals surface area contributed by atoms with Crippen LogP contribution in [-0.4, -0.2) is 275 Å². The Hall–Kier alpha value is -7.42. The predicted molar refractivity (Wildman–Crippen MR) is 379 cm³/mol. The van der Waals surface area contributed by atoms with Crippen molar-refractivity contribution in [2.45, 2.75) is 216 Å². The van der Waals surface area contributed by atoms with Gasteiger partial charge in [0.15, 0.2) is 0 Å². The number of hydrogen-bond donors (Lipinski definition) is 6. The fourth-order valence-corrected chi connectivity index (χ4v) is 13.0. The minimum Gasteiger partial charge on any atom is -0.390 e. The standard InChI is InChI=1S/C71H121N15O12/c1-25-49-67(94)79(18)38-57(87)80(19)52(32-39(2)3)64(91)77-58(43(10)11)70(97)81(20)53(33-40(4)5)63(90)72-46(15)62(89)73-47(16)66(93)82(21)54(34-41(6)7)68(95)83(22)55(35-42(8)9)69(96)84(23)59(44(12)13)71(98)85(24)60(65(92)76-49)61(88)45(14)36-56-74-50-27-26-48(37-51(50)75-56)86-30-28-78(17)29-31-86/h26-27,37,39-47,49,52-55,58-61,88H,25,28-36,38H2,1-24H3,(H,72,90)(H,73,89)(H,74,75)(H,76,92)(H,77,91). The number of amides is 11. The molecule has 1 aromatic heterocycles. The number of H-pyrrole nitrogens is 1. The highest BCUT2D eigenvalue weighted by atomic mass is 16.3. The highest BCUT2D eigenvalue weighted by Gasteiger charge is 2.46. The molecule has 0 radical (unpaired) electrons. The highest BCUT2D eigenvalue weighted by Crippen LogP contribution is 2.28. The number of carbonyl (C=O) groups excluding carboxylic acids is 11. The molecule has 4 rings (SSSR count). The smallest absolute Gasteiger partial charge is 0.246 e. The molecule has 2 aliphatic heterocycles. The molecule has 2 fully saturated rings. The summed E-state index contributed by atoms with van der Waals surface area (Å²) in [5.41, 5.74) is 2.48. The van der Waals surface area contributed by atoms with E-state index in [0.29, 0.717) is 11.3 Å². The van der Waals surface area contributed by atoms with Crippen molar-refractivity contribution < 1.29 is 57.8 Å². The van der Waals surface area contributed by atoms with Crippen LogP contribution in [0.25, 0.3) is 11.0 Å². The summed E-state index contributed by atoms with van der Waals surface area (Å²) < 4.78 is 0. The van der Waals surface area contributed by atoms with Crippen molar-refractivity contribution in [2.24, 2.45) is 41.4 Å². The number of rotatable bonds is 16. The number of nitrogens with one attached hydrogen (secondary N) is 5. The molecule has 12 unspecified atom stereocenters. The van der Waals surface area contributed by atoms with Gasteiger partial charge < -0.3 is 75.5 Å². The molecule has 98 heavy (non-hydrogen) atoms. The number of nitrogens with zero attached hydrogens (tertiary/aromatic N) is 10. The average molecular weight is 1380 g/mol. The number of anilines is 1. The number of aromatic amines is 1. The van der Waals surface area contributed by atoms with Gasteiger partial charge in [-0.25, -0.2) is 4.98 Å². The van der Waals surface area contributed by atoms with Crippen molar-refractivity contribution in [3.63, 3.8) is 0 Å². The number of imidazole rings is 1. The molecule has 27 nitrogen and oxygen atoms in total. The van der Waals surface area contributed by atoms with E-state index >= 15 is 19.2 Å². The monoisotopic (exact) mass is 1380 g/mol. The van der Waals surface area contributed by atoms with Crippen LogP contribution in [0.1, 0.15) is 149 Å². The SMILES string of the molecule is CCC1NC(=O)C(C(O)C(C)Cc2nc3ccc(N4CCN(C)CC4)cc3[nH]2)N(C)C(=O)C(C(C)C)N(C)C(=O)C(CC(C)C)N(C)C(=O)C(CC(C)C)N(C)C(=O)C(C)NC(=O)C(C)NC(=O)C(CC(C)C)N(C)C(=O)C(C(C)C)NC(=O)C(CC(C)C)N(C)C(=O)CN(C)C1=O. The lowest BCUT2D eigenvalue weighted by atomic mass is 9.91. The van der Waals surface area contributed by atoms with Crippen LogP contribution in [-0.2, 0) is 59.2 Å². The lowest BCUT2D eigenvalue weighted by molar-refractivity contribution is -0.157. The van der Waals surface area contributed by atoms with E-state index in [9.17, 15) is 38.7 Å². The maximum absolute atomic E-state index is 15.6. The van der Waals surface area contributed by atoms with E-state index in [-0.39, 0.29) is 62.2 Å². The molecule has 6 N–H and O–H groups in total. The molecule has 12 atom stereocenters. The first-order valence-electron chi connectivity index (χ1n) is 35.2. The summed E-state index contributed by atoms with van der Waals surface area (Å²) in [5.74, 6) is -9.67. The average Bonchev–Trinajstić information content (AvgIpc) is 1.67. The first-order valence-corrected chi connectivity index (χ1v) is 35.2. The van der Waals surface area contributed by atoms with E-state index in [0.717, 1.165) is 47.2 Å². The van der Waals surface area contributed by atoms with Crippen molar-refractivity contribution in [1.82, 2.24) is 70.4 Å². The van der Waals surface area contributed by atoms with Crippen LogP contribution in [0.15, 0.2) is 18.2 Å². The predicted octanol–water partition coefficient (Wildman–Crippen LogP) is 3.17. The normalized spacial score (nSPS) is 26.1. The van der Waals surface area contributed by atoms with Crippen LogP contribution >= 0.6 is 0 Å². The maximum Gasteiger partial charge on any atom is 0.246 e. The van der Waals surface area contributed by atoms with Crippen LogP contribution in [0, 0.1) is 41.4 Å². The Morgan fingerprint density at radius 1 is 0.490 bits per heavy atom. The van der Waals surface area contributed by atoms with E-state index in [1.54, 1.807) is 41.5 Å². The lowest BCUT2D eigenvalue weighted by Gasteiger charge is -2.41. The lowest BCUT2D eigenvalue weighted by Crippen LogP contribution is -2.63. The molecule has 0 spiro atoms. The summed E-state index contributed by atoms with van der Waals surface area (Å²) in [6.07, 6.45) is -0.973. The number of benzene rings is 1. The van der Waals surface area contributed by atoms with Gasteiger partial charge in [0, 0.05) is 87.6 Å². The Labute approximate surface area is 582 Å². The largest absolute Gasteiger partial charge is 0.390 e. The van der Waals surface area contributed by atoms with Crippen LogP contribution in [0.5, 0.6) is 0 Å². The zero-order valence-corrected chi connectivity index (χ0v) is 63.3. The zero-order valence-electron chi connectivity index (χ0n) is 63.3. The number of fused-ring (bicyclic) bond motifs is 1. The Bertz CT molecular complexity index is 3090. The molecule has 0 saturated carbocycles. The van der Waals surface area contributed by atoms with Gasteiger partial charge in [-0.1, -0.05) is 96.9 Å². The molecule has 1 aromatic carbocycles. The van der Waals surface area contributed by atoms with Gasteiger partial charge in [-0.15, -0.1) is 0 Å². The van der Waals surface area contributed by atoms with Crippen molar-refractivity contribution in [3.05, 3.63) is 24.0 Å². The summed E-state index contributed by atoms with van der Waals surface area (Å²) in [6, 6.07) is -6.68. The summed E-state index contributed by atoms with van der Waals surface area (Å²) in [6.45, 7) is 31.1. The molecule has 552 valence electrons. The van der Waals surface area contributed by atoms with Crippen molar-refractivity contribution in [3.8, 4) is 0 Å². The second-order valence-corrected chi connectivity index (χ2v) is 30.2. The molecular weight excluding hydrogens is 1250 g/mol. The van der Waals surface area contributed by atoms with Gasteiger partial charge in [0.25, 0.3) is 0 Å². The van der Waals surface area contributed by atoms with Crippen LogP contribution in [0.3, 0.4) is 0 Å². The molecule has 0 aliphatic carbocycles. The Morgan fingerprint density at radius 3 is 1.47 bits per heavy atom. The summed E-state index contributed by atoms with van der Waals surface area (Å²) in [4.78, 5) is 184.